The Labute approximate surface area is 123 Å². The maximum atomic E-state index is 13.3. The lowest BCUT2D eigenvalue weighted by Gasteiger charge is -2.28. The highest BCUT2D eigenvalue weighted by molar-refractivity contribution is 7.92. The second kappa shape index (κ2) is 6.38. The Hall–Kier alpha value is -1.70. The first-order chi connectivity index (χ1) is 9.54. The van der Waals surface area contributed by atoms with Crippen molar-refractivity contribution in [2.75, 3.05) is 10.6 Å². The normalized spacial score (nSPS) is 13.1. The van der Waals surface area contributed by atoms with Crippen LogP contribution in [0.25, 0.3) is 0 Å². The minimum absolute atomic E-state index is 0.109. The van der Waals surface area contributed by atoms with Crippen LogP contribution in [0.5, 0.6) is 0 Å². The monoisotopic (exact) mass is 320 g/mol. The molecule has 1 N–H and O–H groups in total. The Kier molecular flexibility index (Phi) is 5.27. The number of hydrogen-bond acceptors (Lipinski definition) is 3. The quantitative estimate of drug-likeness (QED) is 0.897. The van der Waals surface area contributed by atoms with Crippen LogP contribution in [-0.4, -0.2) is 32.7 Å². The predicted octanol–water partition coefficient (Wildman–Crippen LogP) is 1.64. The summed E-state index contributed by atoms with van der Waals surface area (Å²) < 4.78 is 50.8. The average Bonchev–Trinajstić information content (AvgIpc) is 2.31. The minimum atomic E-state index is -3.84. The number of amides is 1. The molecule has 0 aliphatic carbocycles. The zero-order valence-electron chi connectivity index (χ0n) is 12.2. The molecular formula is C13H18F2N2O3S. The van der Waals surface area contributed by atoms with Crippen LogP contribution in [-0.2, 0) is 14.8 Å². The first-order valence-corrected chi connectivity index (χ1v) is 8.13. The molecule has 0 radical (unpaired) electrons. The molecule has 1 atom stereocenters. The van der Waals surface area contributed by atoms with Crippen LogP contribution in [0.3, 0.4) is 0 Å². The highest BCUT2D eigenvalue weighted by Crippen LogP contribution is 2.23. The lowest BCUT2D eigenvalue weighted by atomic mass is 10.2. The van der Waals surface area contributed by atoms with Crippen molar-refractivity contribution in [3.05, 3.63) is 29.8 Å². The Morgan fingerprint density at radius 1 is 1.19 bits per heavy atom. The van der Waals surface area contributed by atoms with Gasteiger partial charge in [0.15, 0.2) is 11.6 Å². The fraction of sp³-hybridized carbons (Fsp3) is 0.462. The molecule has 0 spiro atoms. The average molecular weight is 320 g/mol. The highest BCUT2D eigenvalue weighted by atomic mass is 32.2. The summed E-state index contributed by atoms with van der Waals surface area (Å²) in [5, 5.41) is 2.58. The van der Waals surface area contributed by atoms with Crippen molar-refractivity contribution in [2.24, 2.45) is 0 Å². The summed E-state index contributed by atoms with van der Waals surface area (Å²) in [6, 6.07) is 1.41. The van der Waals surface area contributed by atoms with E-state index in [0.29, 0.717) is 0 Å². The van der Waals surface area contributed by atoms with Gasteiger partial charge in [-0.3, -0.25) is 9.10 Å². The maximum absolute atomic E-state index is 13.3. The third-order valence-electron chi connectivity index (χ3n) is 2.68. The van der Waals surface area contributed by atoms with Crippen molar-refractivity contribution < 1.29 is 22.0 Å². The summed E-state index contributed by atoms with van der Waals surface area (Å²) in [5.41, 5.74) is -0.109. The Morgan fingerprint density at radius 2 is 1.76 bits per heavy atom. The molecule has 1 amide bonds. The zero-order valence-corrected chi connectivity index (χ0v) is 13.0. The fourth-order valence-electron chi connectivity index (χ4n) is 1.84. The van der Waals surface area contributed by atoms with E-state index in [1.807, 2.05) is 0 Å². The summed E-state index contributed by atoms with van der Waals surface area (Å²) in [6.07, 6.45) is 0.896. The third-order valence-corrected chi connectivity index (χ3v) is 3.92. The maximum Gasteiger partial charge on any atom is 0.243 e. The molecule has 5 nitrogen and oxygen atoms in total. The van der Waals surface area contributed by atoms with Gasteiger partial charge in [0, 0.05) is 12.1 Å². The van der Waals surface area contributed by atoms with Gasteiger partial charge in [-0.25, -0.2) is 17.2 Å². The number of benzene rings is 1. The largest absolute Gasteiger partial charge is 0.352 e. The van der Waals surface area contributed by atoms with E-state index in [2.05, 4.69) is 5.32 Å². The number of sulfonamides is 1. The van der Waals surface area contributed by atoms with E-state index in [-0.39, 0.29) is 11.7 Å². The fourth-order valence-corrected chi connectivity index (χ4v) is 3.00. The second-order valence-electron chi connectivity index (χ2n) is 5.00. The van der Waals surface area contributed by atoms with Crippen LogP contribution < -0.4 is 9.62 Å². The number of carbonyl (C=O) groups excluding carboxylic acids is 1. The van der Waals surface area contributed by atoms with Crippen LogP contribution in [0.4, 0.5) is 14.5 Å². The second-order valence-corrected chi connectivity index (χ2v) is 6.86. The number of anilines is 1. The molecule has 21 heavy (non-hydrogen) atoms. The Balaban J connectivity index is 3.24. The smallest absolute Gasteiger partial charge is 0.243 e. The molecule has 8 heteroatoms. The van der Waals surface area contributed by atoms with E-state index in [1.54, 1.807) is 13.8 Å². The van der Waals surface area contributed by atoms with Crippen molar-refractivity contribution in [1.29, 1.82) is 0 Å². The summed E-state index contributed by atoms with van der Waals surface area (Å²) >= 11 is 0. The van der Waals surface area contributed by atoms with Crippen LogP contribution in [0.2, 0.25) is 0 Å². The van der Waals surface area contributed by atoms with Gasteiger partial charge in [-0.15, -0.1) is 0 Å². The topological polar surface area (TPSA) is 66.5 Å². The molecule has 0 fully saturated rings. The van der Waals surface area contributed by atoms with Crippen LogP contribution >= 0.6 is 0 Å². The molecule has 1 aromatic rings. The Morgan fingerprint density at radius 3 is 2.19 bits per heavy atom. The summed E-state index contributed by atoms with van der Waals surface area (Å²) in [5.74, 6) is -2.80. The molecular weight excluding hydrogens is 302 g/mol. The van der Waals surface area contributed by atoms with E-state index >= 15 is 0 Å². The van der Waals surface area contributed by atoms with E-state index in [1.165, 1.54) is 6.92 Å². The van der Waals surface area contributed by atoms with Gasteiger partial charge in [0.05, 0.1) is 11.9 Å². The van der Waals surface area contributed by atoms with Crippen molar-refractivity contribution in [3.8, 4) is 0 Å². The minimum Gasteiger partial charge on any atom is -0.352 e. The molecule has 0 bridgehead atoms. The van der Waals surface area contributed by atoms with Crippen LogP contribution in [0, 0.1) is 11.6 Å². The summed E-state index contributed by atoms with van der Waals surface area (Å²) in [7, 11) is -3.84. The van der Waals surface area contributed by atoms with Gasteiger partial charge >= 0.3 is 0 Å². The Bertz CT molecular complexity index is 632. The zero-order chi connectivity index (χ0) is 16.4. The summed E-state index contributed by atoms with van der Waals surface area (Å²) in [4.78, 5) is 12.0. The van der Waals surface area contributed by atoms with Gasteiger partial charge in [-0.1, -0.05) is 0 Å². The van der Waals surface area contributed by atoms with E-state index in [9.17, 15) is 22.0 Å². The number of nitrogens with one attached hydrogen (secondary N) is 1. The number of halogens is 2. The highest BCUT2D eigenvalue weighted by Gasteiger charge is 2.29. The van der Waals surface area contributed by atoms with E-state index in [0.717, 1.165) is 28.8 Å². The standard InChI is InChI=1S/C13H18F2N2O3S/c1-8(2)16-13(18)9(3)17(21(4,19)20)10-5-6-11(14)12(15)7-10/h5-9H,1-4H3,(H,16,18)/t9-/m1/s1. The van der Waals surface area contributed by atoms with Crippen molar-refractivity contribution in [1.82, 2.24) is 5.32 Å². The molecule has 0 saturated carbocycles. The third kappa shape index (κ3) is 4.38. The summed E-state index contributed by atoms with van der Waals surface area (Å²) in [6.45, 7) is 4.83. The number of carbonyl (C=O) groups is 1. The van der Waals surface area contributed by atoms with Gasteiger partial charge in [-0.05, 0) is 32.9 Å². The lowest BCUT2D eigenvalue weighted by molar-refractivity contribution is -0.122. The molecule has 0 heterocycles. The lowest BCUT2D eigenvalue weighted by Crippen LogP contribution is -2.49. The molecule has 0 aliphatic heterocycles. The van der Waals surface area contributed by atoms with Gasteiger partial charge in [0.1, 0.15) is 6.04 Å². The molecule has 0 saturated heterocycles. The number of rotatable bonds is 5. The van der Waals surface area contributed by atoms with Gasteiger partial charge < -0.3 is 5.32 Å². The van der Waals surface area contributed by atoms with Gasteiger partial charge in [0.2, 0.25) is 15.9 Å². The van der Waals surface area contributed by atoms with E-state index in [4.69, 9.17) is 0 Å². The molecule has 1 rings (SSSR count). The van der Waals surface area contributed by atoms with Crippen molar-refractivity contribution in [3.63, 3.8) is 0 Å². The number of hydrogen-bond donors (Lipinski definition) is 1. The predicted molar refractivity (Wildman–Crippen MR) is 76.4 cm³/mol. The molecule has 0 aliphatic rings. The van der Waals surface area contributed by atoms with Gasteiger partial charge in [0.25, 0.3) is 0 Å². The van der Waals surface area contributed by atoms with Crippen LogP contribution in [0.15, 0.2) is 18.2 Å². The first-order valence-electron chi connectivity index (χ1n) is 6.29. The van der Waals surface area contributed by atoms with E-state index < -0.39 is 33.6 Å². The first kappa shape index (κ1) is 17.4. The van der Waals surface area contributed by atoms with Crippen molar-refractivity contribution >= 4 is 21.6 Å². The molecule has 1 aromatic carbocycles. The SMILES string of the molecule is CC(C)NC(=O)[C@@H](C)N(c1ccc(F)c(F)c1)S(C)(=O)=O. The number of nitrogens with zero attached hydrogens (tertiary/aromatic N) is 1. The molecule has 118 valence electrons. The van der Waals surface area contributed by atoms with Crippen molar-refractivity contribution in [2.45, 2.75) is 32.9 Å². The van der Waals surface area contributed by atoms with Crippen LogP contribution in [0.1, 0.15) is 20.8 Å². The van der Waals surface area contributed by atoms with Gasteiger partial charge in [-0.2, -0.15) is 0 Å². The molecule has 0 unspecified atom stereocenters. The molecule has 0 aromatic heterocycles.